The smallest absolute Gasteiger partial charge is 0.223 e. The van der Waals surface area contributed by atoms with Gasteiger partial charge in [0.25, 0.3) is 0 Å². The number of hydrogen-bond donors (Lipinski definition) is 2. The molecule has 0 spiro atoms. The quantitative estimate of drug-likeness (QED) is 0.605. The lowest BCUT2D eigenvalue weighted by Crippen LogP contribution is -2.05. The van der Waals surface area contributed by atoms with Crippen LogP contribution in [0.25, 0.3) is 11.3 Å². The highest BCUT2D eigenvalue weighted by Gasteiger charge is 2.08. The van der Waals surface area contributed by atoms with E-state index in [2.05, 4.69) is 22.2 Å². The molecule has 0 saturated heterocycles. The fraction of sp³-hybridized carbons (Fsp3) is 0.474. The third-order valence-corrected chi connectivity index (χ3v) is 3.88. The van der Waals surface area contributed by atoms with Gasteiger partial charge in [0, 0.05) is 12.1 Å². The predicted molar refractivity (Wildman–Crippen MR) is 95.6 cm³/mol. The molecule has 0 aliphatic heterocycles. The molecule has 1 heterocycles. The molecule has 2 aromatic rings. The second kappa shape index (κ2) is 9.82. The van der Waals surface area contributed by atoms with Gasteiger partial charge < -0.3 is 10.4 Å². The minimum Gasteiger partial charge on any atom is -0.504 e. The Hall–Kier alpha value is -2.10. The summed E-state index contributed by atoms with van der Waals surface area (Å²) in [5, 5.41) is 13.2. The van der Waals surface area contributed by atoms with E-state index in [1.165, 1.54) is 44.7 Å². The normalized spacial score (nSPS) is 10.7. The largest absolute Gasteiger partial charge is 0.504 e. The Morgan fingerprint density at radius 3 is 2.39 bits per heavy atom. The zero-order valence-electron chi connectivity index (χ0n) is 14.0. The SMILES string of the molecule is CCCCCCCCCNc1ncc(O)c(-c2ccccc2)n1. The molecule has 0 amide bonds. The van der Waals surface area contributed by atoms with Gasteiger partial charge in [0.1, 0.15) is 5.69 Å². The summed E-state index contributed by atoms with van der Waals surface area (Å²) in [5.41, 5.74) is 1.47. The van der Waals surface area contributed by atoms with E-state index < -0.39 is 0 Å². The third-order valence-electron chi connectivity index (χ3n) is 3.88. The number of anilines is 1. The summed E-state index contributed by atoms with van der Waals surface area (Å²) in [5.74, 6) is 0.685. The number of rotatable bonds is 10. The van der Waals surface area contributed by atoms with E-state index in [0.717, 1.165) is 18.5 Å². The number of nitrogens with one attached hydrogen (secondary N) is 1. The minimum atomic E-state index is 0.109. The molecule has 4 nitrogen and oxygen atoms in total. The van der Waals surface area contributed by atoms with Gasteiger partial charge >= 0.3 is 0 Å². The molecule has 1 aromatic carbocycles. The molecular weight excluding hydrogens is 286 g/mol. The Morgan fingerprint density at radius 2 is 1.65 bits per heavy atom. The van der Waals surface area contributed by atoms with Crippen LogP contribution in [0.5, 0.6) is 5.75 Å². The van der Waals surface area contributed by atoms with Crippen molar-refractivity contribution in [3.8, 4) is 17.0 Å². The number of hydrogen-bond acceptors (Lipinski definition) is 4. The lowest BCUT2D eigenvalue weighted by Gasteiger charge is -2.08. The molecule has 0 fully saturated rings. The summed E-state index contributed by atoms with van der Waals surface area (Å²) in [6.07, 6.45) is 10.5. The third kappa shape index (κ3) is 5.89. The van der Waals surface area contributed by atoms with Gasteiger partial charge in [-0.1, -0.05) is 75.8 Å². The van der Waals surface area contributed by atoms with Crippen LogP contribution in [0, 0.1) is 0 Å². The second-order valence-electron chi connectivity index (χ2n) is 5.84. The van der Waals surface area contributed by atoms with Crippen LogP contribution in [0.4, 0.5) is 5.95 Å². The van der Waals surface area contributed by atoms with Crippen molar-refractivity contribution in [2.24, 2.45) is 0 Å². The topological polar surface area (TPSA) is 58.0 Å². The zero-order chi connectivity index (χ0) is 16.3. The first-order chi connectivity index (χ1) is 11.3. The van der Waals surface area contributed by atoms with Gasteiger partial charge in [-0.25, -0.2) is 9.97 Å². The first-order valence-corrected chi connectivity index (χ1v) is 8.66. The Bertz CT molecular complexity index is 572. The van der Waals surface area contributed by atoms with E-state index >= 15 is 0 Å². The van der Waals surface area contributed by atoms with Crippen molar-refractivity contribution in [2.45, 2.75) is 51.9 Å². The molecule has 23 heavy (non-hydrogen) atoms. The minimum absolute atomic E-state index is 0.109. The maximum Gasteiger partial charge on any atom is 0.223 e. The van der Waals surface area contributed by atoms with Crippen LogP contribution in [-0.2, 0) is 0 Å². The van der Waals surface area contributed by atoms with Gasteiger partial charge in [-0.2, -0.15) is 0 Å². The summed E-state index contributed by atoms with van der Waals surface area (Å²) in [6, 6.07) is 9.68. The second-order valence-corrected chi connectivity index (χ2v) is 5.84. The monoisotopic (exact) mass is 313 g/mol. The molecule has 0 atom stereocenters. The van der Waals surface area contributed by atoms with Crippen molar-refractivity contribution < 1.29 is 5.11 Å². The van der Waals surface area contributed by atoms with Crippen LogP contribution in [0.15, 0.2) is 36.5 Å². The van der Waals surface area contributed by atoms with Crippen molar-refractivity contribution in [2.75, 3.05) is 11.9 Å². The Balaban J connectivity index is 1.78. The highest BCUT2D eigenvalue weighted by atomic mass is 16.3. The summed E-state index contributed by atoms with van der Waals surface area (Å²) in [6.45, 7) is 3.11. The molecule has 0 bridgehead atoms. The molecule has 0 saturated carbocycles. The number of benzene rings is 1. The van der Waals surface area contributed by atoms with Crippen LogP contribution < -0.4 is 5.32 Å². The van der Waals surface area contributed by atoms with E-state index in [9.17, 15) is 5.11 Å². The van der Waals surface area contributed by atoms with Gasteiger partial charge in [0.05, 0.1) is 6.20 Å². The van der Waals surface area contributed by atoms with E-state index in [1.807, 2.05) is 30.3 Å². The predicted octanol–water partition coefficient (Wildman–Crippen LogP) is 5.01. The van der Waals surface area contributed by atoms with Crippen LogP contribution in [0.3, 0.4) is 0 Å². The zero-order valence-corrected chi connectivity index (χ0v) is 14.0. The molecule has 0 aliphatic carbocycles. The first kappa shape index (κ1) is 17.3. The van der Waals surface area contributed by atoms with Gasteiger partial charge in [0.15, 0.2) is 5.75 Å². The van der Waals surface area contributed by atoms with Crippen LogP contribution in [0.1, 0.15) is 51.9 Å². The summed E-state index contributed by atoms with van der Waals surface area (Å²) in [4.78, 5) is 8.58. The number of aromatic hydroxyl groups is 1. The average Bonchev–Trinajstić information content (AvgIpc) is 2.59. The van der Waals surface area contributed by atoms with E-state index in [0.29, 0.717) is 11.6 Å². The van der Waals surface area contributed by atoms with Crippen molar-refractivity contribution in [1.82, 2.24) is 9.97 Å². The van der Waals surface area contributed by atoms with Crippen molar-refractivity contribution in [3.63, 3.8) is 0 Å². The summed E-state index contributed by atoms with van der Waals surface area (Å²) in [7, 11) is 0. The maximum atomic E-state index is 9.95. The lowest BCUT2D eigenvalue weighted by atomic mass is 10.1. The molecule has 0 aliphatic rings. The molecule has 2 rings (SSSR count). The molecule has 0 radical (unpaired) electrons. The molecule has 2 N–H and O–H groups in total. The van der Waals surface area contributed by atoms with Crippen LogP contribution >= 0.6 is 0 Å². The van der Waals surface area contributed by atoms with Gasteiger partial charge in [0.2, 0.25) is 5.95 Å². The Morgan fingerprint density at radius 1 is 0.957 bits per heavy atom. The van der Waals surface area contributed by atoms with Crippen molar-refractivity contribution >= 4 is 5.95 Å². The van der Waals surface area contributed by atoms with Gasteiger partial charge in [-0.15, -0.1) is 0 Å². The number of unbranched alkanes of at least 4 members (excludes halogenated alkanes) is 6. The molecule has 0 unspecified atom stereocenters. The van der Waals surface area contributed by atoms with Crippen LogP contribution in [0.2, 0.25) is 0 Å². The first-order valence-electron chi connectivity index (χ1n) is 8.66. The highest BCUT2D eigenvalue weighted by molar-refractivity contribution is 5.66. The molecule has 4 heteroatoms. The standard InChI is InChI=1S/C19H27N3O/c1-2-3-4-5-6-7-11-14-20-19-21-15-17(23)18(22-19)16-12-9-8-10-13-16/h8-10,12-13,15,23H,2-7,11,14H2,1H3,(H,20,21,22). The van der Waals surface area contributed by atoms with Crippen molar-refractivity contribution in [3.05, 3.63) is 36.5 Å². The van der Waals surface area contributed by atoms with Gasteiger partial charge in [-0.05, 0) is 6.42 Å². The molecular formula is C19H27N3O. The Labute approximate surface area is 139 Å². The van der Waals surface area contributed by atoms with E-state index in [4.69, 9.17) is 0 Å². The Kier molecular flexibility index (Phi) is 7.37. The fourth-order valence-electron chi connectivity index (χ4n) is 2.55. The fourth-order valence-corrected chi connectivity index (χ4v) is 2.55. The molecule has 124 valence electrons. The van der Waals surface area contributed by atoms with Crippen LogP contribution in [-0.4, -0.2) is 21.6 Å². The molecule has 1 aromatic heterocycles. The highest BCUT2D eigenvalue weighted by Crippen LogP contribution is 2.26. The van der Waals surface area contributed by atoms with E-state index in [1.54, 1.807) is 0 Å². The summed E-state index contributed by atoms with van der Waals surface area (Å²) < 4.78 is 0. The van der Waals surface area contributed by atoms with Crippen molar-refractivity contribution in [1.29, 1.82) is 0 Å². The number of aromatic nitrogens is 2. The lowest BCUT2D eigenvalue weighted by molar-refractivity contribution is 0.472. The van der Waals surface area contributed by atoms with E-state index in [-0.39, 0.29) is 5.75 Å². The average molecular weight is 313 g/mol. The maximum absolute atomic E-state index is 9.95. The summed E-state index contributed by atoms with van der Waals surface area (Å²) >= 11 is 0. The number of nitrogens with zero attached hydrogens (tertiary/aromatic N) is 2. The van der Waals surface area contributed by atoms with Gasteiger partial charge in [-0.3, -0.25) is 0 Å².